The smallest absolute Gasteiger partial charge is 0.0619 e. The summed E-state index contributed by atoms with van der Waals surface area (Å²) in [5.74, 6) is 0.708. The first-order valence-corrected chi connectivity index (χ1v) is 5.99. The Morgan fingerprint density at radius 1 is 1.07 bits per heavy atom. The third-order valence-electron chi connectivity index (χ3n) is 2.55. The van der Waals surface area contributed by atoms with E-state index in [1.54, 1.807) is 0 Å². The van der Waals surface area contributed by atoms with Gasteiger partial charge < -0.3 is 10.1 Å². The van der Waals surface area contributed by atoms with E-state index in [0.717, 1.165) is 13.2 Å². The van der Waals surface area contributed by atoms with Crippen molar-refractivity contribution >= 4 is 0 Å². The Bertz CT molecular complexity index is 117. The van der Waals surface area contributed by atoms with Crippen molar-refractivity contribution in [1.29, 1.82) is 0 Å². The first-order chi connectivity index (χ1) is 6.74. The van der Waals surface area contributed by atoms with E-state index in [2.05, 4.69) is 26.1 Å². The van der Waals surface area contributed by atoms with Gasteiger partial charge in [0, 0.05) is 12.6 Å². The average Bonchev–Trinajstić information content (AvgIpc) is 2.17. The van der Waals surface area contributed by atoms with Crippen molar-refractivity contribution in [3.05, 3.63) is 0 Å². The average molecular weight is 201 g/mol. The lowest BCUT2D eigenvalue weighted by atomic mass is 10.1. The third-order valence-corrected chi connectivity index (χ3v) is 2.55. The summed E-state index contributed by atoms with van der Waals surface area (Å²) in [4.78, 5) is 0. The van der Waals surface area contributed by atoms with Gasteiger partial charge in [-0.3, -0.25) is 0 Å². The zero-order valence-corrected chi connectivity index (χ0v) is 10.3. The quantitative estimate of drug-likeness (QED) is 0.619. The summed E-state index contributed by atoms with van der Waals surface area (Å²) < 4.78 is 5.69. The first-order valence-electron chi connectivity index (χ1n) is 5.99. The molecule has 2 nitrogen and oxygen atoms in total. The van der Waals surface area contributed by atoms with Gasteiger partial charge in [0.15, 0.2) is 0 Å². The van der Waals surface area contributed by atoms with E-state index in [1.165, 1.54) is 25.7 Å². The van der Waals surface area contributed by atoms with E-state index in [9.17, 15) is 0 Å². The molecule has 0 aliphatic rings. The van der Waals surface area contributed by atoms with E-state index in [-0.39, 0.29) is 0 Å². The second-order valence-corrected chi connectivity index (χ2v) is 4.21. The van der Waals surface area contributed by atoms with Crippen LogP contribution in [0.15, 0.2) is 0 Å². The number of nitrogens with one attached hydrogen (secondary N) is 1. The number of hydrogen-bond acceptors (Lipinski definition) is 2. The van der Waals surface area contributed by atoms with Crippen LogP contribution in [0.25, 0.3) is 0 Å². The van der Waals surface area contributed by atoms with Crippen LogP contribution in [0.3, 0.4) is 0 Å². The van der Waals surface area contributed by atoms with Gasteiger partial charge in [-0.05, 0) is 25.8 Å². The van der Waals surface area contributed by atoms with Crippen molar-refractivity contribution in [1.82, 2.24) is 5.32 Å². The van der Waals surface area contributed by atoms with E-state index in [1.807, 2.05) is 7.05 Å². The van der Waals surface area contributed by atoms with Crippen molar-refractivity contribution in [2.75, 3.05) is 20.3 Å². The maximum absolute atomic E-state index is 5.69. The topological polar surface area (TPSA) is 21.3 Å². The van der Waals surface area contributed by atoms with Crippen molar-refractivity contribution in [3.63, 3.8) is 0 Å². The van der Waals surface area contributed by atoms with E-state index in [0.29, 0.717) is 12.0 Å². The Balaban J connectivity index is 3.40. The van der Waals surface area contributed by atoms with Crippen LogP contribution in [0.5, 0.6) is 0 Å². The van der Waals surface area contributed by atoms with Crippen molar-refractivity contribution in [2.45, 2.75) is 52.5 Å². The van der Waals surface area contributed by atoms with Crippen LogP contribution in [0.2, 0.25) is 0 Å². The molecule has 86 valence electrons. The molecule has 0 aliphatic heterocycles. The molecule has 0 heterocycles. The Morgan fingerprint density at radius 3 is 2.21 bits per heavy atom. The minimum atomic E-state index is 0.536. The molecule has 14 heavy (non-hydrogen) atoms. The van der Waals surface area contributed by atoms with Gasteiger partial charge in [0.1, 0.15) is 0 Å². The van der Waals surface area contributed by atoms with Gasteiger partial charge in [-0.1, -0.05) is 33.6 Å². The number of likely N-dealkylation sites (N-methyl/N-ethyl adjacent to an activating group) is 1. The largest absolute Gasteiger partial charge is 0.380 e. The normalized spacial score (nSPS) is 15.4. The van der Waals surface area contributed by atoms with Gasteiger partial charge in [0.05, 0.1) is 6.61 Å². The van der Waals surface area contributed by atoms with Crippen molar-refractivity contribution < 1.29 is 4.74 Å². The fraction of sp³-hybridized carbons (Fsp3) is 1.00. The highest BCUT2D eigenvalue weighted by Gasteiger charge is 2.06. The number of rotatable bonds is 9. The van der Waals surface area contributed by atoms with Crippen LogP contribution in [-0.2, 0) is 4.74 Å². The summed E-state index contributed by atoms with van der Waals surface area (Å²) in [5, 5.41) is 3.28. The summed E-state index contributed by atoms with van der Waals surface area (Å²) in [6.45, 7) is 8.47. The summed E-state index contributed by atoms with van der Waals surface area (Å²) in [6, 6.07) is 0.536. The lowest BCUT2D eigenvalue weighted by Gasteiger charge is -2.17. The second-order valence-electron chi connectivity index (χ2n) is 4.21. The molecule has 0 spiro atoms. The molecule has 0 radical (unpaired) electrons. The molecule has 0 bridgehead atoms. The SMILES string of the molecule is CCCC(C)COCC(CCC)NC. The van der Waals surface area contributed by atoms with Gasteiger partial charge in [-0.15, -0.1) is 0 Å². The van der Waals surface area contributed by atoms with Gasteiger partial charge in [-0.2, -0.15) is 0 Å². The predicted octanol–water partition coefficient (Wildman–Crippen LogP) is 2.83. The highest BCUT2D eigenvalue weighted by Crippen LogP contribution is 2.06. The van der Waals surface area contributed by atoms with Crippen molar-refractivity contribution in [2.24, 2.45) is 5.92 Å². The Labute approximate surface area is 89.4 Å². The second kappa shape index (κ2) is 9.47. The molecule has 0 amide bonds. The van der Waals surface area contributed by atoms with Gasteiger partial charge in [-0.25, -0.2) is 0 Å². The lowest BCUT2D eigenvalue weighted by molar-refractivity contribution is 0.0829. The fourth-order valence-electron chi connectivity index (χ4n) is 1.65. The van der Waals surface area contributed by atoms with E-state index < -0.39 is 0 Å². The highest BCUT2D eigenvalue weighted by molar-refractivity contribution is 4.62. The highest BCUT2D eigenvalue weighted by atomic mass is 16.5. The zero-order valence-electron chi connectivity index (χ0n) is 10.3. The van der Waals surface area contributed by atoms with Gasteiger partial charge in [0.25, 0.3) is 0 Å². The van der Waals surface area contributed by atoms with E-state index in [4.69, 9.17) is 4.74 Å². The molecule has 0 saturated carbocycles. The molecule has 0 saturated heterocycles. The molecule has 1 N–H and O–H groups in total. The Morgan fingerprint density at radius 2 is 1.71 bits per heavy atom. The van der Waals surface area contributed by atoms with Crippen LogP contribution in [0.1, 0.15) is 46.5 Å². The molecule has 0 aliphatic carbocycles. The summed E-state index contributed by atoms with van der Waals surface area (Å²) in [5.41, 5.74) is 0. The zero-order chi connectivity index (χ0) is 10.8. The maximum Gasteiger partial charge on any atom is 0.0619 e. The number of ether oxygens (including phenoxy) is 1. The van der Waals surface area contributed by atoms with Gasteiger partial charge >= 0.3 is 0 Å². The summed E-state index contributed by atoms with van der Waals surface area (Å²) >= 11 is 0. The van der Waals surface area contributed by atoms with Crippen LogP contribution >= 0.6 is 0 Å². The fourth-order valence-corrected chi connectivity index (χ4v) is 1.65. The monoisotopic (exact) mass is 201 g/mol. The molecular weight excluding hydrogens is 174 g/mol. The lowest BCUT2D eigenvalue weighted by Crippen LogP contribution is -2.30. The minimum Gasteiger partial charge on any atom is -0.380 e. The Kier molecular flexibility index (Phi) is 9.42. The third kappa shape index (κ3) is 7.34. The van der Waals surface area contributed by atoms with Gasteiger partial charge in [0.2, 0.25) is 0 Å². The number of hydrogen-bond donors (Lipinski definition) is 1. The standard InChI is InChI=1S/C12H27NO/c1-5-7-11(3)9-14-10-12(13-4)8-6-2/h11-13H,5-10H2,1-4H3. The van der Waals surface area contributed by atoms with Crippen molar-refractivity contribution in [3.8, 4) is 0 Å². The maximum atomic E-state index is 5.69. The van der Waals surface area contributed by atoms with Crippen LogP contribution < -0.4 is 5.32 Å². The molecule has 0 aromatic rings. The molecule has 2 atom stereocenters. The molecule has 2 heteroatoms. The summed E-state index contributed by atoms with van der Waals surface area (Å²) in [6.07, 6.45) is 4.96. The minimum absolute atomic E-state index is 0.536. The van der Waals surface area contributed by atoms with E-state index >= 15 is 0 Å². The Hall–Kier alpha value is -0.0800. The molecule has 0 aromatic carbocycles. The molecule has 2 unspecified atom stereocenters. The summed E-state index contributed by atoms with van der Waals surface area (Å²) in [7, 11) is 2.01. The molecule has 0 rings (SSSR count). The molecule has 0 aromatic heterocycles. The van der Waals surface area contributed by atoms with Crippen LogP contribution in [0.4, 0.5) is 0 Å². The molecular formula is C12H27NO. The first kappa shape index (κ1) is 13.9. The van der Waals surface area contributed by atoms with Crippen LogP contribution in [-0.4, -0.2) is 26.3 Å². The molecule has 0 fully saturated rings. The van der Waals surface area contributed by atoms with Crippen LogP contribution in [0, 0.1) is 5.92 Å². The predicted molar refractivity (Wildman–Crippen MR) is 62.6 cm³/mol.